The van der Waals surface area contributed by atoms with Crippen molar-refractivity contribution in [2.24, 2.45) is 0 Å². The summed E-state index contributed by atoms with van der Waals surface area (Å²) in [6.07, 6.45) is 0.316. The topological polar surface area (TPSA) is 96.7 Å². The number of hydrogen-bond donors (Lipinski definition) is 1. The number of aliphatic carboxylic acids is 1. The van der Waals surface area contributed by atoms with E-state index in [1.165, 1.54) is 7.05 Å². The largest absolute Gasteiger partial charge is 0.480 e. The van der Waals surface area contributed by atoms with Crippen LogP contribution in [0.2, 0.25) is 0 Å². The minimum atomic E-state index is -4.14. The molecule has 1 aromatic heterocycles. The summed E-state index contributed by atoms with van der Waals surface area (Å²) >= 11 is 0. The molecule has 0 bridgehead atoms. The van der Waals surface area contributed by atoms with Crippen LogP contribution in [0.4, 0.5) is 0 Å². The first kappa shape index (κ1) is 24.0. The van der Waals surface area contributed by atoms with Gasteiger partial charge < -0.3 is 5.11 Å². The summed E-state index contributed by atoms with van der Waals surface area (Å²) < 4.78 is 29.4. The Morgan fingerprint density at radius 3 is 2.44 bits per heavy atom. The van der Waals surface area contributed by atoms with Crippen molar-refractivity contribution in [1.29, 1.82) is 0 Å². The van der Waals surface area contributed by atoms with E-state index < -0.39 is 27.6 Å². The molecule has 0 fully saturated rings. The lowest BCUT2D eigenvalue weighted by atomic mass is 9.90. The van der Waals surface area contributed by atoms with Crippen LogP contribution < -0.4 is 5.56 Å². The zero-order chi connectivity index (χ0) is 25.8. The predicted octanol–water partition coefficient (Wildman–Crippen LogP) is 4.14. The lowest BCUT2D eigenvalue weighted by Gasteiger charge is -2.34. The van der Waals surface area contributed by atoms with Crippen LogP contribution in [0.25, 0.3) is 21.9 Å². The molecular formula is C28H26N2O5S. The number of carbonyl (C=O) groups is 1. The number of benzene rings is 3. The Bertz CT molecular complexity index is 1700. The van der Waals surface area contributed by atoms with E-state index in [1.807, 2.05) is 67.6 Å². The van der Waals surface area contributed by atoms with Crippen LogP contribution in [0, 0.1) is 13.8 Å². The van der Waals surface area contributed by atoms with Crippen molar-refractivity contribution in [1.82, 2.24) is 8.87 Å². The fourth-order valence-corrected chi connectivity index (χ4v) is 6.68. The normalized spacial score (nSPS) is 17.1. The smallest absolute Gasteiger partial charge is 0.328 e. The zero-order valence-electron chi connectivity index (χ0n) is 20.2. The summed E-state index contributed by atoms with van der Waals surface area (Å²) in [5.41, 5.74) is 3.20. The number of fused-ring (bicyclic) bond motifs is 2. The third-order valence-corrected chi connectivity index (χ3v) is 8.82. The van der Waals surface area contributed by atoms with Gasteiger partial charge >= 0.3 is 5.97 Å². The number of pyridine rings is 1. The fourth-order valence-electron chi connectivity index (χ4n) is 5.09. The molecule has 36 heavy (non-hydrogen) atoms. The monoisotopic (exact) mass is 502 g/mol. The molecule has 7 nitrogen and oxygen atoms in total. The first-order chi connectivity index (χ1) is 17.1. The van der Waals surface area contributed by atoms with Crippen LogP contribution in [-0.4, -0.2) is 42.0 Å². The van der Waals surface area contributed by atoms with E-state index in [2.05, 4.69) is 0 Å². The maximum atomic E-state index is 13.7. The van der Waals surface area contributed by atoms with Gasteiger partial charge in [0.1, 0.15) is 6.04 Å². The molecule has 0 saturated heterocycles. The number of carboxylic acids is 1. The van der Waals surface area contributed by atoms with Gasteiger partial charge in [-0.15, -0.1) is 0 Å². The quantitative estimate of drug-likeness (QED) is 0.453. The second-order valence-corrected chi connectivity index (χ2v) is 11.2. The number of carboxylic acid groups (broad SMARTS) is 1. The fraction of sp³-hybridized carbons (Fsp3) is 0.214. The zero-order valence-corrected chi connectivity index (χ0v) is 21.0. The Morgan fingerprint density at radius 2 is 1.72 bits per heavy atom. The van der Waals surface area contributed by atoms with Gasteiger partial charge in [0, 0.05) is 24.7 Å². The molecule has 1 aliphatic rings. The summed E-state index contributed by atoms with van der Waals surface area (Å²) in [5.74, 6) is -1.25. The molecule has 0 spiro atoms. The van der Waals surface area contributed by atoms with Crippen molar-refractivity contribution in [2.45, 2.75) is 31.3 Å². The van der Waals surface area contributed by atoms with Gasteiger partial charge in [-0.05, 0) is 47.7 Å². The molecule has 0 saturated carbocycles. The highest BCUT2D eigenvalue weighted by Crippen LogP contribution is 2.39. The summed E-state index contributed by atoms with van der Waals surface area (Å²) in [7, 11) is -2.79. The van der Waals surface area contributed by atoms with Gasteiger partial charge in [-0.25, -0.2) is 13.2 Å². The first-order valence-electron chi connectivity index (χ1n) is 11.6. The van der Waals surface area contributed by atoms with E-state index in [9.17, 15) is 23.1 Å². The van der Waals surface area contributed by atoms with Crippen molar-refractivity contribution in [3.63, 3.8) is 0 Å². The molecular weight excluding hydrogens is 476 g/mol. The molecule has 184 valence electrons. The second-order valence-electron chi connectivity index (χ2n) is 9.28. The van der Waals surface area contributed by atoms with Crippen molar-refractivity contribution >= 4 is 26.8 Å². The molecule has 1 N–H and O–H groups in total. The average molecular weight is 503 g/mol. The van der Waals surface area contributed by atoms with Gasteiger partial charge in [0.05, 0.1) is 0 Å². The molecule has 1 aliphatic heterocycles. The molecule has 4 aromatic rings. The van der Waals surface area contributed by atoms with Crippen LogP contribution in [0.1, 0.15) is 28.3 Å². The Hall–Kier alpha value is -3.75. The number of likely N-dealkylation sites (N-methyl/N-ethyl adjacent to an activating group) is 1. The van der Waals surface area contributed by atoms with Crippen LogP contribution in [0.15, 0.2) is 76.6 Å². The van der Waals surface area contributed by atoms with Gasteiger partial charge in [0.15, 0.2) is 5.03 Å². The molecule has 0 aliphatic carbocycles. The van der Waals surface area contributed by atoms with Gasteiger partial charge in [-0.2, -0.15) is 4.31 Å². The highest BCUT2D eigenvalue weighted by Gasteiger charge is 2.42. The molecule has 5 rings (SSSR count). The standard InChI is InChI=1S/C28H26N2O5S/c1-17-8-6-12-21(14-17)25-23(15-20-11-7-10-19-9-4-5-13-22(19)20)18(2)26(31)30-24(28(32)33)16-29(3)36(34,35)27(25)30/h4-14,24H,15-16H2,1-3H3,(H,32,33). The Kier molecular flexibility index (Phi) is 5.81. The summed E-state index contributed by atoms with van der Waals surface area (Å²) in [5, 5.41) is 11.7. The number of hydrogen-bond acceptors (Lipinski definition) is 4. The SMILES string of the molecule is Cc1cccc(-c2c(Cc3cccc4ccccc34)c(C)c(=O)n3c2S(=O)(=O)N(C)CC3C(=O)O)c1. The Labute approximate surface area is 209 Å². The number of rotatable bonds is 4. The third-order valence-electron chi connectivity index (χ3n) is 6.96. The maximum Gasteiger partial charge on any atom is 0.328 e. The van der Waals surface area contributed by atoms with Crippen molar-refractivity contribution in [2.75, 3.05) is 13.6 Å². The van der Waals surface area contributed by atoms with Crippen LogP contribution in [-0.2, 0) is 21.2 Å². The van der Waals surface area contributed by atoms with Gasteiger partial charge in [0.2, 0.25) is 0 Å². The number of nitrogens with zero attached hydrogens (tertiary/aromatic N) is 2. The van der Waals surface area contributed by atoms with Crippen molar-refractivity contribution in [3.8, 4) is 11.1 Å². The third kappa shape index (κ3) is 3.73. The molecule has 0 amide bonds. The van der Waals surface area contributed by atoms with E-state index in [-0.39, 0.29) is 11.6 Å². The predicted molar refractivity (Wildman–Crippen MR) is 139 cm³/mol. The number of aryl methyl sites for hydroxylation is 1. The molecule has 8 heteroatoms. The summed E-state index contributed by atoms with van der Waals surface area (Å²) in [6, 6.07) is 19.9. The molecule has 1 unspecified atom stereocenters. The Morgan fingerprint density at radius 1 is 1.03 bits per heavy atom. The molecule has 3 aromatic carbocycles. The van der Waals surface area contributed by atoms with Crippen LogP contribution >= 0.6 is 0 Å². The van der Waals surface area contributed by atoms with Crippen molar-refractivity contribution < 1.29 is 18.3 Å². The second kappa shape index (κ2) is 8.72. The van der Waals surface area contributed by atoms with E-state index in [1.54, 1.807) is 13.0 Å². The minimum absolute atomic E-state index is 0.264. The average Bonchev–Trinajstić information content (AvgIpc) is 2.84. The molecule has 2 heterocycles. The molecule has 1 atom stereocenters. The van der Waals surface area contributed by atoms with Gasteiger partial charge in [-0.1, -0.05) is 72.3 Å². The van der Waals surface area contributed by atoms with Crippen molar-refractivity contribution in [3.05, 3.63) is 99.3 Å². The summed E-state index contributed by atoms with van der Waals surface area (Å²) in [4.78, 5) is 25.8. The highest BCUT2D eigenvalue weighted by molar-refractivity contribution is 7.89. The van der Waals surface area contributed by atoms with E-state index in [0.717, 1.165) is 30.8 Å². The number of sulfonamides is 1. The summed E-state index contributed by atoms with van der Waals surface area (Å²) in [6.45, 7) is 3.24. The molecule has 0 radical (unpaired) electrons. The van der Waals surface area contributed by atoms with Gasteiger partial charge in [0.25, 0.3) is 15.6 Å². The maximum absolute atomic E-state index is 13.7. The lowest BCUT2D eigenvalue weighted by Crippen LogP contribution is -2.48. The van der Waals surface area contributed by atoms with Crippen LogP contribution in [0.5, 0.6) is 0 Å². The Balaban J connectivity index is 1.92. The van der Waals surface area contributed by atoms with E-state index in [4.69, 9.17) is 0 Å². The number of aromatic nitrogens is 1. The lowest BCUT2D eigenvalue weighted by molar-refractivity contribution is -0.141. The highest BCUT2D eigenvalue weighted by atomic mass is 32.2. The van der Waals surface area contributed by atoms with Gasteiger partial charge in [-0.3, -0.25) is 9.36 Å². The van der Waals surface area contributed by atoms with Crippen LogP contribution in [0.3, 0.4) is 0 Å². The minimum Gasteiger partial charge on any atom is -0.480 e. The van der Waals surface area contributed by atoms with E-state index >= 15 is 0 Å². The van der Waals surface area contributed by atoms with E-state index in [0.29, 0.717) is 28.7 Å². The first-order valence-corrected chi connectivity index (χ1v) is 13.1.